The molecule has 4 unspecified atom stereocenters. The maximum absolute atomic E-state index is 15.0. The summed E-state index contributed by atoms with van der Waals surface area (Å²) in [5.74, 6) is -0.0875. The van der Waals surface area contributed by atoms with Crippen LogP contribution in [0.4, 0.5) is 0 Å². The highest BCUT2D eigenvalue weighted by atomic mass is 127. The highest BCUT2D eigenvalue weighted by Gasteiger charge is 2.58. The van der Waals surface area contributed by atoms with Crippen LogP contribution in [0.1, 0.15) is 115 Å². The molecular formula is C47H83IO9SSi2. The zero-order valence-electron chi connectivity index (χ0n) is 39.9. The molecule has 1 aromatic carbocycles. The fraction of sp³-hybridized carbons (Fsp3) is 0.830. The van der Waals surface area contributed by atoms with Crippen LogP contribution in [0.2, 0.25) is 36.3 Å². The Morgan fingerprint density at radius 1 is 0.867 bits per heavy atom. The van der Waals surface area contributed by atoms with E-state index < -0.39 is 68.2 Å². The largest absolute Gasteiger partial charge is 0.409 e. The fourth-order valence-electron chi connectivity index (χ4n) is 8.95. The van der Waals surface area contributed by atoms with Crippen molar-refractivity contribution in [3.63, 3.8) is 0 Å². The van der Waals surface area contributed by atoms with Gasteiger partial charge in [0.1, 0.15) is 12.2 Å². The van der Waals surface area contributed by atoms with Crippen LogP contribution in [-0.4, -0.2) is 104 Å². The van der Waals surface area contributed by atoms with Crippen molar-refractivity contribution < 1.29 is 41.3 Å². The number of sulfone groups is 1. The molecular weight excluding hydrogens is 924 g/mol. The SMILES string of the molecule is CC[C@@H](C)C[C@H]1O[C@@H](CC(C)OC)C(C(C(O)C[C@H]2CC[C@@H]3O[C@@H]([C@@H](C)/C=C/I)[C@@H](O[Si](C)(C)C(C)(C)C)[C@@H](O[Si](C)(C)C(C)(C)C)[C@H]3O2)S(=O)(=O)c2ccccc2)[C@H]1C. The standard InChI is InChI=1S/C47H83IO9SSi2/c1-17-30(2)27-38-33(5)40(39(54-38)28-32(4)52-12)45(58(50,51)35-21-19-18-20-22-35)36(49)29-34-23-24-37-42(53-34)44(57-60(15,16)47(9,10)11)43(41(55-37)31(3)25-26-48)56-59(13,14)46(6,7)8/h18-22,25-26,30-34,36-45,49H,17,23-24,27-29H2,1-16H3/b26-25+/t30-,31+,32?,33+,34-,36?,37+,38-,39+,40?,41+,42+,43-,44+,45?/m1/s1. The number of hydrogen-bond donors (Lipinski definition) is 1. The van der Waals surface area contributed by atoms with Crippen LogP contribution in [-0.2, 0) is 37.6 Å². The second-order valence-corrected chi connectivity index (χ2v) is 33.9. The number of methoxy groups -OCH3 is 1. The van der Waals surface area contributed by atoms with E-state index in [4.69, 9.17) is 27.8 Å². The van der Waals surface area contributed by atoms with Gasteiger partial charge in [0.2, 0.25) is 0 Å². The average molecular weight is 1010 g/mol. The quantitative estimate of drug-likeness (QED) is 0.114. The van der Waals surface area contributed by atoms with Gasteiger partial charge in [-0.05, 0) is 96.9 Å². The van der Waals surface area contributed by atoms with Crippen molar-refractivity contribution in [1.82, 2.24) is 0 Å². The highest BCUT2D eigenvalue weighted by Crippen LogP contribution is 2.48. The van der Waals surface area contributed by atoms with Crippen LogP contribution < -0.4 is 0 Å². The van der Waals surface area contributed by atoms with E-state index in [9.17, 15) is 5.11 Å². The lowest BCUT2D eigenvalue weighted by Crippen LogP contribution is -2.68. The van der Waals surface area contributed by atoms with Crippen molar-refractivity contribution in [2.45, 2.75) is 222 Å². The number of aliphatic hydroxyl groups excluding tert-OH is 1. The van der Waals surface area contributed by atoms with Gasteiger partial charge < -0.3 is 32.9 Å². The van der Waals surface area contributed by atoms with Crippen LogP contribution in [0, 0.1) is 23.7 Å². The third kappa shape index (κ3) is 12.2. The Morgan fingerprint density at radius 2 is 1.45 bits per heavy atom. The second kappa shape index (κ2) is 21.0. The van der Waals surface area contributed by atoms with E-state index >= 15 is 8.42 Å². The average Bonchev–Trinajstić information content (AvgIpc) is 3.43. The molecule has 0 aliphatic carbocycles. The first kappa shape index (κ1) is 52.4. The lowest BCUT2D eigenvalue weighted by molar-refractivity contribution is -0.264. The molecule has 4 rings (SSSR count). The number of halogens is 1. The van der Waals surface area contributed by atoms with Crippen molar-refractivity contribution in [2.75, 3.05) is 7.11 Å². The van der Waals surface area contributed by atoms with Crippen molar-refractivity contribution >= 4 is 49.1 Å². The minimum atomic E-state index is -4.03. The number of benzene rings is 1. The molecule has 0 amide bonds. The monoisotopic (exact) mass is 1010 g/mol. The van der Waals surface area contributed by atoms with Gasteiger partial charge in [-0.25, -0.2) is 8.42 Å². The van der Waals surface area contributed by atoms with Gasteiger partial charge in [-0.2, -0.15) is 0 Å². The lowest BCUT2D eigenvalue weighted by atomic mass is 9.79. The summed E-state index contributed by atoms with van der Waals surface area (Å²) in [6.45, 7) is 33.4. The number of rotatable bonds is 18. The topological polar surface area (TPSA) is 110 Å². The normalized spacial score (nSPS) is 32.4. The van der Waals surface area contributed by atoms with Gasteiger partial charge in [-0.3, -0.25) is 0 Å². The first-order valence-corrected chi connectivity index (χ1v) is 31.4. The van der Waals surface area contributed by atoms with Gasteiger partial charge in [-0.1, -0.05) is 123 Å². The molecule has 0 saturated carbocycles. The van der Waals surface area contributed by atoms with E-state index in [0.29, 0.717) is 25.2 Å². The Kier molecular flexibility index (Phi) is 18.3. The lowest BCUT2D eigenvalue weighted by Gasteiger charge is -2.55. The van der Waals surface area contributed by atoms with Gasteiger partial charge in [0.15, 0.2) is 26.5 Å². The Hall–Kier alpha value is -0.206. The summed E-state index contributed by atoms with van der Waals surface area (Å²) in [5.41, 5.74) is 0. The van der Waals surface area contributed by atoms with Crippen LogP contribution in [0.5, 0.6) is 0 Å². The van der Waals surface area contributed by atoms with E-state index in [2.05, 4.69) is 128 Å². The predicted octanol–water partition coefficient (Wildman–Crippen LogP) is 11.1. The summed E-state index contributed by atoms with van der Waals surface area (Å²) in [6, 6.07) is 8.63. The van der Waals surface area contributed by atoms with E-state index in [-0.39, 0.29) is 63.7 Å². The highest BCUT2D eigenvalue weighted by molar-refractivity contribution is 14.1. The van der Waals surface area contributed by atoms with Crippen molar-refractivity contribution in [3.8, 4) is 0 Å². The number of hydrogen-bond acceptors (Lipinski definition) is 9. The predicted molar refractivity (Wildman–Crippen MR) is 258 cm³/mol. The summed E-state index contributed by atoms with van der Waals surface area (Å²) >= 11 is 2.28. The zero-order valence-corrected chi connectivity index (χ0v) is 44.9. The molecule has 3 fully saturated rings. The van der Waals surface area contributed by atoms with E-state index in [0.717, 1.165) is 12.8 Å². The summed E-state index contributed by atoms with van der Waals surface area (Å²) in [7, 11) is -7.10. The minimum Gasteiger partial charge on any atom is -0.409 e. The van der Waals surface area contributed by atoms with Gasteiger partial charge in [0, 0.05) is 25.4 Å². The molecule has 0 bridgehead atoms. The van der Waals surface area contributed by atoms with Crippen molar-refractivity contribution in [1.29, 1.82) is 0 Å². The van der Waals surface area contributed by atoms with E-state index in [1.54, 1.807) is 31.4 Å². The smallest absolute Gasteiger partial charge is 0.192 e. The molecule has 3 saturated heterocycles. The summed E-state index contributed by atoms with van der Waals surface area (Å²) < 4.78 is 73.9. The summed E-state index contributed by atoms with van der Waals surface area (Å²) in [4.78, 5) is 0.213. The number of aliphatic hydroxyl groups is 1. The molecule has 3 heterocycles. The Bertz CT molecular complexity index is 1630. The molecule has 0 aromatic heterocycles. The molecule has 3 aliphatic rings. The van der Waals surface area contributed by atoms with Gasteiger partial charge in [-0.15, -0.1) is 0 Å². The molecule has 15 atom stereocenters. The van der Waals surface area contributed by atoms with Crippen molar-refractivity contribution in [3.05, 3.63) is 40.5 Å². The molecule has 13 heteroatoms. The Balaban J connectivity index is 1.78. The van der Waals surface area contributed by atoms with Crippen LogP contribution in [0.25, 0.3) is 0 Å². The van der Waals surface area contributed by atoms with Crippen molar-refractivity contribution in [2.24, 2.45) is 23.7 Å². The molecule has 1 N–H and O–H groups in total. The van der Waals surface area contributed by atoms with Crippen LogP contribution in [0.15, 0.2) is 45.4 Å². The van der Waals surface area contributed by atoms with Crippen LogP contribution in [0.3, 0.4) is 0 Å². The zero-order chi connectivity index (χ0) is 45.2. The third-order valence-corrected chi connectivity index (χ3v) is 26.8. The van der Waals surface area contributed by atoms with Gasteiger partial charge in [0.25, 0.3) is 0 Å². The van der Waals surface area contributed by atoms with Crippen LogP contribution >= 0.6 is 22.6 Å². The van der Waals surface area contributed by atoms with E-state index in [1.807, 2.05) is 13.0 Å². The third-order valence-electron chi connectivity index (χ3n) is 15.1. The summed E-state index contributed by atoms with van der Waals surface area (Å²) in [5, 5.41) is 11.4. The molecule has 0 radical (unpaired) electrons. The Morgan fingerprint density at radius 3 is 1.98 bits per heavy atom. The molecule has 0 spiro atoms. The molecule has 1 aromatic rings. The number of fused-ring (bicyclic) bond motifs is 1. The van der Waals surface area contributed by atoms with Gasteiger partial charge >= 0.3 is 0 Å². The number of ether oxygens (including phenoxy) is 4. The van der Waals surface area contributed by atoms with Gasteiger partial charge in [0.05, 0.1) is 59.0 Å². The fourth-order valence-corrected chi connectivity index (χ4v) is 14.4. The molecule has 60 heavy (non-hydrogen) atoms. The first-order chi connectivity index (χ1) is 27.7. The molecule has 9 nitrogen and oxygen atoms in total. The molecule has 346 valence electrons. The second-order valence-electron chi connectivity index (χ2n) is 21.6. The first-order valence-electron chi connectivity index (χ1n) is 22.8. The van der Waals surface area contributed by atoms with E-state index in [1.165, 1.54) is 0 Å². The Labute approximate surface area is 381 Å². The maximum atomic E-state index is 15.0. The maximum Gasteiger partial charge on any atom is 0.192 e. The summed E-state index contributed by atoms with van der Waals surface area (Å²) in [6.07, 6.45) is 1.96. The minimum absolute atomic E-state index is 0.0504. The molecule has 3 aliphatic heterocycles.